The van der Waals surface area contributed by atoms with Crippen molar-refractivity contribution < 1.29 is 38.1 Å². The molecule has 0 saturated carbocycles. The number of hydrogen-bond acceptors (Lipinski definition) is 9. The number of methoxy groups -OCH3 is 4. The fourth-order valence-corrected chi connectivity index (χ4v) is 3.53. The number of carbonyl (C=O) groups is 4. The van der Waals surface area contributed by atoms with E-state index in [1.165, 1.54) is 28.4 Å². The van der Waals surface area contributed by atoms with Crippen LogP contribution in [-0.2, 0) is 18.9 Å². The molecule has 0 saturated heterocycles. The lowest BCUT2D eigenvalue weighted by Crippen LogP contribution is -2.00. The lowest BCUT2D eigenvalue weighted by Gasteiger charge is -2.00. The number of benzene rings is 4. The summed E-state index contributed by atoms with van der Waals surface area (Å²) in [5.41, 5.74) is 5.06. The summed E-state index contributed by atoms with van der Waals surface area (Å²) < 4.78 is 18.5. The van der Waals surface area contributed by atoms with Crippen molar-refractivity contribution in [2.75, 3.05) is 28.4 Å². The Morgan fingerprint density at radius 1 is 0.477 bits per heavy atom. The highest BCUT2D eigenvalue weighted by Gasteiger charge is 2.06. The van der Waals surface area contributed by atoms with Crippen LogP contribution in [0.1, 0.15) is 58.1 Å². The lowest BCUT2D eigenvalue weighted by molar-refractivity contribution is 0.0592. The Labute approximate surface area is 255 Å². The molecule has 0 heterocycles. The Bertz CT molecular complexity index is 1550. The standard InChI is InChI=1S/C18H14O4.C17H15NO4/c1-21-17(19)15-9-5-13(6-10-15)3-4-14-7-11-16(12-8-14)18(20)22-2;1-21-16(19)13-5-3-12(4-6-13)11-18-15-9-7-14(8-10-15)17(20)22-2/h5-12H,1-2H3;3-11H,1-2H3. The third kappa shape index (κ3) is 9.53. The maximum absolute atomic E-state index is 11.3. The normalized spacial score (nSPS) is 9.91. The van der Waals surface area contributed by atoms with E-state index in [0.717, 1.165) is 16.7 Å². The molecule has 0 radical (unpaired) electrons. The maximum Gasteiger partial charge on any atom is 0.337 e. The van der Waals surface area contributed by atoms with Gasteiger partial charge in [0.1, 0.15) is 0 Å². The Balaban J connectivity index is 0.000000240. The van der Waals surface area contributed by atoms with Gasteiger partial charge in [-0.1, -0.05) is 24.0 Å². The Morgan fingerprint density at radius 2 is 0.773 bits per heavy atom. The third-order valence-electron chi connectivity index (χ3n) is 5.95. The van der Waals surface area contributed by atoms with Crippen molar-refractivity contribution in [3.05, 3.63) is 136 Å². The summed E-state index contributed by atoms with van der Waals surface area (Å²) in [6.45, 7) is 0. The number of hydrogen-bond donors (Lipinski definition) is 0. The second kappa shape index (κ2) is 16.4. The number of rotatable bonds is 6. The lowest BCUT2D eigenvalue weighted by atomic mass is 10.1. The minimum absolute atomic E-state index is 0.373. The molecule has 0 aromatic heterocycles. The molecule has 0 atom stereocenters. The number of aliphatic imine (C=N–C) groups is 1. The molecule has 0 aliphatic rings. The second-order valence-corrected chi connectivity index (χ2v) is 8.80. The number of esters is 4. The summed E-state index contributed by atoms with van der Waals surface area (Å²) in [7, 11) is 5.37. The minimum atomic E-state index is -0.381. The van der Waals surface area contributed by atoms with Crippen molar-refractivity contribution in [3.63, 3.8) is 0 Å². The average Bonchev–Trinajstić information content (AvgIpc) is 3.09. The highest BCUT2D eigenvalue weighted by molar-refractivity contribution is 5.92. The molecule has 222 valence electrons. The molecule has 0 N–H and O–H groups in total. The van der Waals surface area contributed by atoms with Crippen LogP contribution in [0.15, 0.2) is 102 Å². The first kappa shape index (κ1) is 32.5. The molecule has 0 amide bonds. The van der Waals surface area contributed by atoms with Crippen molar-refractivity contribution in [1.29, 1.82) is 0 Å². The molecule has 0 aliphatic heterocycles. The molecule has 0 spiro atoms. The zero-order valence-corrected chi connectivity index (χ0v) is 24.5. The third-order valence-corrected chi connectivity index (χ3v) is 5.95. The highest BCUT2D eigenvalue weighted by Crippen LogP contribution is 2.14. The quantitative estimate of drug-likeness (QED) is 0.122. The van der Waals surface area contributed by atoms with Gasteiger partial charge >= 0.3 is 23.9 Å². The van der Waals surface area contributed by atoms with E-state index in [1.54, 1.807) is 103 Å². The van der Waals surface area contributed by atoms with Gasteiger partial charge in [0, 0.05) is 17.3 Å². The Kier molecular flexibility index (Phi) is 12.1. The summed E-state index contributed by atoms with van der Waals surface area (Å²) in [6, 6.07) is 27.3. The average molecular weight is 592 g/mol. The number of carbonyl (C=O) groups excluding carboxylic acids is 4. The first-order chi connectivity index (χ1) is 21.3. The number of ether oxygens (including phenoxy) is 4. The van der Waals surface area contributed by atoms with Gasteiger partial charge in [-0.25, -0.2) is 19.2 Å². The van der Waals surface area contributed by atoms with Crippen LogP contribution in [0.5, 0.6) is 0 Å². The van der Waals surface area contributed by atoms with Crippen LogP contribution < -0.4 is 0 Å². The predicted octanol–water partition coefficient (Wildman–Crippen LogP) is 5.67. The molecule has 0 unspecified atom stereocenters. The van der Waals surface area contributed by atoms with E-state index in [-0.39, 0.29) is 23.9 Å². The van der Waals surface area contributed by atoms with Gasteiger partial charge in [-0.15, -0.1) is 0 Å². The van der Waals surface area contributed by atoms with E-state index in [4.69, 9.17) is 0 Å². The molecule has 9 heteroatoms. The first-order valence-corrected chi connectivity index (χ1v) is 13.1. The van der Waals surface area contributed by atoms with Crippen molar-refractivity contribution in [2.45, 2.75) is 0 Å². The summed E-state index contributed by atoms with van der Waals surface area (Å²) in [5, 5.41) is 0. The van der Waals surface area contributed by atoms with Crippen LogP contribution in [-0.4, -0.2) is 58.5 Å². The van der Waals surface area contributed by atoms with E-state index in [1.807, 2.05) is 0 Å². The van der Waals surface area contributed by atoms with Gasteiger partial charge in [-0.2, -0.15) is 0 Å². The van der Waals surface area contributed by atoms with Gasteiger partial charge < -0.3 is 18.9 Å². The minimum Gasteiger partial charge on any atom is -0.465 e. The fourth-order valence-electron chi connectivity index (χ4n) is 3.53. The van der Waals surface area contributed by atoms with Crippen molar-refractivity contribution in [2.24, 2.45) is 4.99 Å². The van der Waals surface area contributed by atoms with Crippen LogP contribution in [0.25, 0.3) is 0 Å². The molecule has 0 bridgehead atoms. The maximum atomic E-state index is 11.3. The van der Waals surface area contributed by atoms with Crippen LogP contribution in [0.4, 0.5) is 5.69 Å². The first-order valence-electron chi connectivity index (χ1n) is 13.1. The van der Waals surface area contributed by atoms with Crippen LogP contribution in [0.3, 0.4) is 0 Å². The fraction of sp³-hybridized carbons (Fsp3) is 0.114. The molecular formula is C35H29NO8. The van der Waals surface area contributed by atoms with Crippen LogP contribution in [0, 0.1) is 11.8 Å². The molecule has 0 aliphatic carbocycles. The summed E-state index contributed by atoms with van der Waals surface area (Å²) in [6.07, 6.45) is 1.67. The van der Waals surface area contributed by atoms with E-state index < -0.39 is 0 Å². The smallest absolute Gasteiger partial charge is 0.337 e. The highest BCUT2D eigenvalue weighted by atomic mass is 16.5. The van der Waals surface area contributed by atoms with E-state index in [0.29, 0.717) is 27.9 Å². The molecule has 44 heavy (non-hydrogen) atoms. The largest absolute Gasteiger partial charge is 0.465 e. The van der Waals surface area contributed by atoms with E-state index >= 15 is 0 Å². The molecular weight excluding hydrogens is 562 g/mol. The molecule has 4 aromatic rings. The molecule has 9 nitrogen and oxygen atoms in total. The molecule has 4 aromatic carbocycles. The van der Waals surface area contributed by atoms with E-state index in [9.17, 15) is 19.2 Å². The summed E-state index contributed by atoms with van der Waals surface area (Å²) >= 11 is 0. The van der Waals surface area contributed by atoms with Crippen LogP contribution in [0.2, 0.25) is 0 Å². The molecule has 0 fully saturated rings. The Morgan fingerprint density at radius 3 is 1.09 bits per heavy atom. The molecule has 4 rings (SSSR count). The van der Waals surface area contributed by atoms with Gasteiger partial charge in [0.2, 0.25) is 0 Å². The van der Waals surface area contributed by atoms with Crippen molar-refractivity contribution in [3.8, 4) is 11.8 Å². The van der Waals surface area contributed by atoms with Crippen molar-refractivity contribution >= 4 is 35.8 Å². The second-order valence-electron chi connectivity index (χ2n) is 8.80. The van der Waals surface area contributed by atoms with E-state index in [2.05, 4.69) is 35.8 Å². The topological polar surface area (TPSA) is 118 Å². The zero-order valence-electron chi connectivity index (χ0n) is 24.5. The van der Waals surface area contributed by atoms with Crippen molar-refractivity contribution in [1.82, 2.24) is 0 Å². The monoisotopic (exact) mass is 591 g/mol. The van der Waals surface area contributed by atoms with Gasteiger partial charge in [-0.05, 0) is 90.5 Å². The van der Waals surface area contributed by atoms with Crippen LogP contribution >= 0.6 is 0 Å². The predicted molar refractivity (Wildman–Crippen MR) is 164 cm³/mol. The van der Waals surface area contributed by atoms with Gasteiger partial charge in [-0.3, -0.25) is 4.99 Å². The SMILES string of the molecule is COC(=O)c1ccc(C#Cc2ccc(C(=O)OC)cc2)cc1.COC(=O)c1ccc(C=Nc2ccc(C(=O)OC)cc2)cc1. The number of nitrogens with zero attached hydrogens (tertiary/aromatic N) is 1. The Hall–Kier alpha value is -6.01. The van der Waals surface area contributed by atoms with Gasteiger partial charge in [0.25, 0.3) is 0 Å². The summed E-state index contributed by atoms with van der Waals surface area (Å²) in [5.74, 6) is 4.47. The van der Waals surface area contributed by atoms with Gasteiger partial charge in [0.15, 0.2) is 0 Å². The summed E-state index contributed by atoms with van der Waals surface area (Å²) in [4.78, 5) is 49.6. The zero-order chi connectivity index (χ0) is 31.9. The van der Waals surface area contributed by atoms with Gasteiger partial charge in [0.05, 0.1) is 56.4 Å².